The first-order valence-corrected chi connectivity index (χ1v) is 5.98. The predicted octanol–water partition coefficient (Wildman–Crippen LogP) is 2.84. The third-order valence-corrected chi connectivity index (χ3v) is 3.26. The zero-order valence-electron chi connectivity index (χ0n) is 9.52. The van der Waals surface area contributed by atoms with E-state index in [9.17, 15) is 9.18 Å². The molecule has 0 radical (unpaired) electrons. The summed E-state index contributed by atoms with van der Waals surface area (Å²) in [4.78, 5) is 10.9. The molecule has 1 N–H and O–H groups in total. The van der Waals surface area contributed by atoms with Gasteiger partial charge in [-0.2, -0.15) is 5.10 Å². The van der Waals surface area contributed by atoms with E-state index in [-0.39, 0.29) is 11.4 Å². The topological polar surface area (TPSA) is 55.1 Å². The average molecular weight is 313 g/mol. The van der Waals surface area contributed by atoms with Gasteiger partial charge in [-0.3, -0.25) is 4.68 Å². The number of halogens is 2. The molecule has 18 heavy (non-hydrogen) atoms. The number of aromatic nitrogens is 2. The van der Waals surface area contributed by atoms with Gasteiger partial charge in [-0.25, -0.2) is 9.18 Å². The van der Waals surface area contributed by atoms with E-state index in [0.29, 0.717) is 16.7 Å². The number of carboxylic acid groups (broad SMARTS) is 1. The molecule has 0 fully saturated rings. The van der Waals surface area contributed by atoms with Gasteiger partial charge < -0.3 is 5.11 Å². The Labute approximate surface area is 111 Å². The van der Waals surface area contributed by atoms with Gasteiger partial charge in [0.05, 0.1) is 22.9 Å². The molecule has 0 aliphatic rings. The van der Waals surface area contributed by atoms with Gasteiger partial charge in [0.15, 0.2) is 0 Å². The third-order valence-electron chi connectivity index (χ3n) is 2.65. The number of hydrogen-bond donors (Lipinski definition) is 1. The summed E-state index contributed by atoms with van der Waals surface area (Å²) in [5.41, 5.74) is 1.59. The largest absolute Gasteiger partial charge is 0.478 e. The van der Waals surface area contributed by atoms with Crippen molar-refractivity contribution in [3.63, 3.8) is 0 Å². The second-order valence-electron chi connectivity index (χ2n) is 3.85. The molecule has 2 aromatic rings. The maximum Gasteiger partial charge on any atom is 0.339 e. The number of hydrogen-bond acceptors (Lipinski definition) is 2. The molecule has 0 amide bonds. The molecular weight excluding hydrogens is 303 g/mol. The number of carbonyl (C=O) groups is 1. The van der Waals surface area contributed by atoms with Crippen LogP contribution in [0, 0.1) is 12.7 Å². The Kier molecular flexibility index (Phi) is 3.47. The Bertz CT molecular complexity index is 610. The van der Waals surface area contributed by atoms with E-state index < -0.39 is 5.97 Å². The van der Waals surface area contributed by atoms with Crippen LogP contribution in [0.2, 0.25) is 0 Å². The summed E-state index contributed by atoms with van der Waals surface area (Å²) in [6.45, 7) is 2.09. The van der Waals surface area contributed by atoms with Crippen LogP contribution in [0.1, 0.15) is 21.6 Å². The average Bonchev–Trinajstić information content (AvgIpc) is 2.66. The standard InChI is InChI=1S/C12H10BrFN2O2/c1-7-9(12(17)18)5-15-16(7)6-8-2-3-11(14)10(13)4-8/h2-5H,6H2,1H3,(H,17,18). The summed E-state index contributed by atoms with van der Waals surface area (Å²) < 4.78 is 15.0. The third kappa shape index (κ3) is 2.43. The van der Waals surface area contributed by atoms with Crippen LogP contribution < -0.4 is 0 Å². The minimum atomic E-state index is -1.00. The molecule has 0 aliphatic carbocycles. The van der Waals surface area contributed by atoms with Gasteiger partial charge in [0.2, 0.25) is 0 Å². The quantitative estimate of drug-likeness (QED) is 0.948. The maximum atomic E-state index is 13.1. The smallest absolute Gasteiger partial charge is 0.339 e. The molecule has 2 rings (SSSR count). The van der Waals surface area contributed by atoms with Crippen molar-refractivity contribution >= 4 is 21.9 Å². The van der Waals surface area contributed by atoms with E-state index >= 15 is 0 Å². The van der Waals surface area contributed by atoms with Gasteiger partial charge in [0.1, 0.15) is 11.4 Å². The Morgan fingerprint density at radius 3 is 2.83 bits per heavy atom. The van der Waals surface area contributed by atoms with Crippen molar-refractivity contribution < 1.29 is 14.3 Å². The fourth-order valence-electron chi connectivity index (χ4n) is 1.63. The van der Waals surface area contributed by atoms with E-state index in [4.69, 9.17) is 5.11 Å². The second kappa shape index (κ2) is 4.89. The van der Waals surface area contributed by atoms with Crippen molar-refractivity contribution in [2.24, 2.45) is 0 Å². The van der Waals surface area contributed by atoms with Crippen molar-refractivity contribution in [1.29, 1.82) is 0 Å². The van der Waals surface area contributed by atoms with Gasteiger partial charge in [-0.1, -0.05) is 6.07 Å². The first-order valence-electron chi connectivity index (χ1n) is 5.18. The van der Waals surface area contributed by atoms with Crippen molar-refractivity contribution in [3.8, 4) is 0 Å². The molecule has 1 aromatic carbocycles. The fraction of sp³-hybridized carbons (Fsp3) is 0.167. The lowest BCUT2D eigenvalue weighted by Gasteiger charge is -2.06. The summed E-state index contributed by atoms with van der Waals surface area (Å²) >= 11 is 3.11. The Morgan fingerprint density at radius 2 is 2.28 bits per heavy atom. The van der Waals surface area contributed by atoms with E-state index in [1.807, 2.05) is 0 Å². The van der Waals surface area contributed by atoms with E-state index in [1.165, 1.54) is 12.3 Å². The maximum absolute atomic E-state index is 13.1. The van der Waals surface area contributed by atoms with Crippen LogP contribution in [0.15, 0.2) is 28.9 Å². The van der Waals surface area contributed by atoms with Crippen molar-refractivity contribution in [3.05, 3.63) is 51.5 Å². The molecule has 0 unspecified atom stereocenters. The lowest BCUT2D eigenvalue weighted by Crippen LogP contribution is -2.06. The first-order chi connectivity index (χ1) is 8.49. The second-order valence-corrected chi connectivity index (χ2v) is 4.71. The Balaban J connectivity index is 2.29. The zero-order valence-corrected chi connectivity index (χ0v) is 11.1. The number of benzene rings is 1. The van der Waals surface area contributed by atoms with Crippen LogP contribution in [0.25, 0.3) is 0 Å². The molecule has 1 aromatic heterocycles. The minimum Gasteiger partial charge on any atom is -0.478 e. The summed E-state index contributed by atoms with van der Waals surface area (Å²) in [5, 5.41) is 12.9. The lowest BCUT2D eigenvalue weighted by molar-refractivity contribution is 0.0696. The number of rotatable bonds is 3. The van der Waals surface area contributed by atoms with Gasteiger partial charge >= 0.3 is 5.97 Å². The highest BCUT2D eigenvalue weighted by Gasteiger charge is 2.13. The molecule has 6 heteroatoms. The number of nitrogens with zero attached hydrogens (tertiary/aromatic N) is 2. The van der Waals surface area contributed by atoms with Gasteiger partial charge in [0, 0.05) is 0 Å². The summed E-state index contributed by atoms with van der Waals surface area (Å²) in [6, 6.07) is 4.65. The molecule has 0 spiro atoms. The van der Waals surface area contributed by atoms with Crippen molar-refractivity contribution in [2.75, 3.05) is 0 Å². The summed E-state index contributed by atoms with van der Waals surface area (Å²) in [6.07, 6.45) is 1.32. The van der Waals surface area contributed by atoms with Crippen LogP contribution >= 0.6 is 15.9 Å². The number of aromatic carboxylic acids is 1. The van der Waals surface area contributed by atoms with Crippen LogP contribution in [0.4, 0.5) is 4.39 Å². The molecule has 0 bridgehead atoms. The van der Waals surface area contributed by atoms with E-state index in [2.05, 4.69) is 21.0 Å². The molecule has 0 saturated heterocycles. The van der Waals surface area contributed by atoms with E-state index in [0.717, 1.165) is 5.56 Å². The molecule has 1 heterocycles. The predicted molar refractivity (Wildman–Crippen MR) is 67.1 cm³/mol. The lowest BCUT2D eigenvalue weighted by atomic mass is 10.2. The van der Waals surface area contributed by atoms with Crippen molar-refractivity contribution in [1.82, 2.24) is 9.78 Å². The zero-order chi connectivity index (χ0) is 13.3. The molecule has 94 valence electrons. The highest BCUT2D eigenvalue weighted by atomic mass is 79.9. The van der Waals surface area contributed by atoms with Crippen LogP contribution in [-0.2, 0) is 6.54 Å². The highest BCUT2D eigenvalue weighted by molar-refractivity contribution is 9.10. The van der Waals surface area contributed by atoms with Crippen LogP contribution in [-0.4, -0.2) is 20.9 Å². The highest BCUT2D eigenvalue weighted by Crippen LogP contribution is 2.18. The Morgan fingerprint density at radius 1 is 1.56 bits per heavy atom. The summed E-state index contributed by atoms with van der Waals surface area (Å²) in [7, 11) is 0. The van der Waals surface area contributed by atoms with E-state index in [1.54, 1.807) is 23.7 Å². The molecule has 4 nitrogen and oxygen atoms in total. The SMILES string of the molecule is Cc1c(C(=O)O)cnn1Cc1ccc(F)c(Br)c1. The Hall–Kier alpha value is -1.69. The normalized spacial score (nSPS) is 10.6. The molecule has 0 atom stereocenters. The van der Waals surface area contributed by atoms with Crippen molar-refractivity contribution in [2.45, 2.75) is 13.5 Å². The van der Waals surface area contributed by atoms with Gasteiger partial charge in [0.25, 0.3) is 0 Å². The number of carboxylic acids is 1. The summed E-state index contributed by atoms with van der Waals surface area (Å²) in [5.74, 6) is -1.33. The molecular formula is C12H10BrFN2O2. The van der Waals surface area contributed by atoms with Crippen LogP contribution in [0.5, 0.6) is 0 Å². The van der Waals surface area contributed by atoms with Crippen LogP contribution in [0.3, 0.4) is 0 Å². The van der Waals surface area contributed by atoms with Gasteiger partial charge in [-0.05, 0) is 40.5 Å². The monoisotopic (exact) mass is 312 g/mol. The minimum absolute atomic E-state index is 0.177. The fourth-order valence-corrected chi connectivity index (χ4v) is 2.05. The first kappa shape index (κ1) is 12.8. The van der Waals surface area contributed by atoms with Gasteiger partial charge in [-0.15, -0.1) is 0 Å². The molecule has 0 saturated carbocycles. The molecule has 0 aliphatic heterocycles.